The SMILES string of the molecule is O=C1C=CC2(Oc3cccc4cccc(c34)O2)C2C=CC=C(O)C12. The van der Waals surface area contributed by atoms with E-state index in [4.69, 9.17) is 9.47 Å². The maximum atomic E-state index is 12.3. The van der Waals surface area contributed by atoms with Crippen LogP contribution in [0.25, 0.3) is 10.8 Å². The van der Waals surface area contributed by atoms with Crippen molar-refractivity contribution in [2.75, 3.05) is 0 Å². The molecule has 3 aliphatic rings. The van der Waals surface area contributed by atoms with Crippen LogP contribution in [0.3, 0.4) is 0 Å². The summed E-state index contributed by atoms with van der Waals surface area (Å²) in [6.07, 6.45) is 8.24. The van der Waals surface area contributed by atoms with Crippen LogP contribution in [0.4, 0.5) is 0 Å². The minimum atomic E-state index is -1.14. The summed E-state index contributed by atoms with van der Waals surface area (Å²) in [7, 11) is 0. The Morgan fingerprint density at radius 1 is 1.04 bits per heavy atom. The van der Waals surface area contributed by atoms with Crippen molar-refractivity contribution in [3.8, 4) is 11.5 Å². The normalized spacial score (nSPS) is 25.8. The average Bonchev–Trinajstić information content (AvgIpc) is 2.59. The number of hydrogen-bond donors (Lipinski definition) is 1. The van der Waals surface area contributed by atoms with Gasteiger partial charge in [-0.3, -0.25) is 4.79 Å². The third-order valence-electron chi connectivity index (χ3n) is 4.88. The lowest BCUT2D eigenvalue weighted by Crippen LogP contribution is -2.55. The molecular formula is C20H14O4. The molecule has 0 amide bonds. The molecule has 2 aromatic rings. The molecule has 0 aromatic heterocycles. The number of aliphatic hydroxyl groups excluding tert-OH is 1. The Balaban J connectivity index is 1.70. The molecule has 0 bridgehead atoms. The maximum absolute atomic E-state index is 12.3. The summed E-state index contributed by atoms with van der Waals surface area (Å²) in [4.78, 5) is 12.3. The Labute approximate surface area is 138 Å². The Kier molecular flexibility index (Phi) is 2.52. The van der Waals surface area contributed by atoms with Gasteiger partial charge in [0.2, 0.25) is 0 Å². The van der Waals surface area contributed by atoms with Crippen LogP contribution in [-0.2, 0) is 4.79 Å². The van der Waals surface area contributed by atoms with Crippen molar-refractivity contribution in [1.29, 1.82) is 0 Å². The monoisotopic (exact) mass is 318 g/mol. The van der Waals surface area contributed by atoms with E-state index in [1.807, 2.05) is 42.5 Å². The maximum Gasteiger partial charge on any atom is 0.278 e. The van der Waals surface area contributed by atoms with E-state index in [0.717, 1.165) is 22.3 Å². The zero-order valence-electron chi connectivity index (χ0n) is 12.7. The molecule has 4 heteroatoms. The van der Waals surface area contributed by atoms with Crippen LogP contribution in [0.15, 0.2) is 72.5 Å². The van der Waals surface area contributed by atoms with Gasteiger partial charge in [0.15, 0.2) is 5.78 Å². The van der Waals surface area contributed by atoms with E-state index in [1.165, 1.54) is 6.08 Å². The van der Waals surface area contributed by atoms with Gasteiger partial charge in [0, 0.05) is 6.08 Å². The fourth-order valence-electron chi connectivity index (χ4n) is 3.79. The van der Waals surface area contributed by atoms with E-state index < -0.39 is 17.6 Å². The smallest absolute Gasteiger partial charge is 0.278 e. The van der Waals surface area contributed by atoms with E-state index >= 15 is 0 Å². The van der Waals surface area contributed by atoms with Gasteiger partial charge in [0.25, 0.3) is 5.79 Å². The summed E-state index contributed by atoms with van der Waals surface area (Å²) < 4.78 is 12.5. The molecule has 1 aliphatic heterocycles. The fourth-order valence-corrected chi connectivity index (χ4v) is 3.79. The van der Waals surface area contributed by atoms with Crippen molar-refractivity contribution in [3.05, 3.63) is 72.5 Å². The number of fused-ring (bicyclic) bond motifs is 2. The first-order chi connectivity index (χ1) is 11.7. The molecule has 0 fully saturated rings. The lowest BCUT2D eigenvalue weighted by atomic mass is 9.74. The first-order valence-electron chi connectivity index (χ1n) is 7.88. The third-order valence-corrected chi connectivity index (χ3v) is 4.88. The molecule has 5 rings (SSSR count). The molecule has 2 aliphatic carbocycles. The van der Waals surface area contributed by atoms with Crippen molar-refractivity contribution in [1.82, 2.24) is 0 Å². The lowest BCUT2D eigenvalue weighted by Gasteiger charge is -2.45. The van der Waals surface area contributed by atoms with Crippen LogP contribution >= 0.6 is 0 Å². The molecular weight excluding hydrogens is 304 g/mol. The van der Waals surface area contributed by atoms with E-state index in [-0.39, 0.29) is 11.5 Å². The van der Waals surface area contributed by atoms with Crippen LogP contribution in [0.2, 0.25) is 0 Å². The number of hydrogen-bond acceptors (Lipinski definition) is 4. The number of carbonyl (C=O) groups is 1. The van der Waals surface area contributed by atoms with Crippen LogP contribution in [-0.4, -0.2) is 16.7 Å². The standard InChI is InChI=1S/C20H14O4/c21-14-7-3-6-13-19(14)15(22)10-11-20(13)23-16-8-1-4-12-5-2-9-17(24-20)18(12)16/h1-11,13,19,21H. The summed E-state index contributed by atoms with van der Waals surface area (Å²) in [5.74, 6) is -0.911. The zero-order valence-corrected chi connectivity index (χ0v) is 12.7. The Hall–Kier alpha value is -3.01. The number of benzene rings is 2. The van der Waals surface area contributed by atoms with Crippen LogP contribution in [0, 0.1) is 11.8 Å². The predicted octanol–water partition coefficient (Wildman–Crippen LogP) is 3.69. The highest BCUT2D eigenvalue weighted by Gasteiger charge is 2.53. The average molecular weight is 318 g/mol. The molecule has 1 heterocycles. The Morgan fingerprint density at radius 2 is 1.75 bits per heavy atom. The molecule has 0 saturated heterocycles. The Bertz CT molecular complexity index is 926. The first-order valence-corrected chi connectivity index (χ1v) is 7.88. The van der Waals surface area contributed by atoms with Crippen molar-refractivity contribution in [2.45, 2.75) is 5.79 Å². The van der Waals surface area contributed by atoms with Gasteiger partial charge in [-0.15, -0.1) is 0 Å². The van der Waals surface area contributed by atoms with E-state index in [9.17, 15) is 9.90 Å². The zero-order chi connectivity index (χ0) is 16.3. The molecule has 0 radical (unpaired) electrons. The minimum absolute atomic E-state index is 0.0421. The first kappa shape index (κ1) is 13.4. The van der Waals surface area contributed by atoms with Crippen molar-refractivity contribution >= 4 is 16.6 Å². The van der Waals surface area contributed by atoms with Gasteiger partial charge in [-0.2, -0.15) is 0 Å². The van der Waals surface area contributed by atoms with Gasteiger partial charge in [0.1, 0.15) is 17.3 Å². The van der Waals surface area contributed by atoms with Gasteiger partial charge in [0.05, 0.1) is 17.2 Å². The lowest BCUT2D eigenvalue weighted by molar-refractivity contribution is -0.143. The molecule has 2 unspecified atom stereocenters. The topological polar surface area (TPSA) is 55.8 Å². The molecule has 1 spiro atoms. The number of aliphatic hydroxyl groups is 1. The summed E-state index contributed by atoms with van der Waals surface area (Å²) >= 11 is 0. The number of rotatable bonds is 0. The highest BCUT2D eigenvalue weighted by molar-refractivity contribution is 5.97. The van der Waals surface area contributed by atoms with Gasteiger partial charge >= 0.3 is 0 Å². The van der Waals surface area contributed by atoms with E-state index in [0.29, 0.717) is 0 Å². The summed E-state index contributed by atoms with van der Waals surface area (Å²) in [5, 5.41) is 12.1. The molecule has 4 nitrogen and oxygen atoms in total. The van der Waals surface area contributed by atoms with Gasteiger partial charge in [-0.05, 0) is 29.7 Å². The number of ether oxygens (including phenoxy) is 2. The second-order valence-electron chi connectivity index (χ2n) is 6.25. The molecule has 2 aromatic carbocycles. The van der Waals surface area contributed by atoms with Crippen LogP contribution in [0.1, 0.15) is 0 Å². The summed E-state index contributed by atoms with van der Waals surface area (Å²) in [5.41, 5.74) is 0. The number of allylic oxidation sites excluding steroid dienone is 4. The molecule has 24 heavy (non-hydrogen) atoms. The van der Waals surface area contributed by atoms with Crippen LogP contribution in [0.5, 0.6) is 11.5 Å². The van der Waals surface area contributed by atoms with E-state index in [1.54, 1.807) is 18.2 Å². The highest BCUT2D eigenvalue weighted by atomic mass is 16.7. The second kappa shape index (κ2) is 4.51. The highest BCUT2D eigenvalue weighted by Crippen LogP contribution is 2.48. The third kappa shape index (κ3) is 1.65. The van der Waals surface area contributed by atoms with Gasteiger partial charge in [-0.1, -0.05) is 36.4 Å². The summed E-state index contributed by atoms with van der Waals surface area (Å²) in [6, 6.07) is 11.7. The van der Waals surface area contributed by atoms with Crippen molar-refractivity contribution in [2.24, 2.45) is 11.8 Å². The molecule has 2 atom stereocenters. The predicted molar refractivity (Wildman–Crippen MR) is 88.9 cm³/mol. The van der Waals surface area contributed by atoms with Crippen LogP contribution < -0.4 is 9.47 Å². The van der Waals surface area contributed by atoms with E-state index in [2.05, 4.69) is 0 Å². The molecule has 1 N–H and O–H groups in total. The minimum Gasteiger partial charge on any atom is -0.512 e. The van der Waals surface area contributed by atoms with Gasteiger partial charge < -0.3 is 14.6 Å². The van der Waals surface area contributed by atoms with Crippen molar-refractivity contribution < 1.29 is 19.4 Å². The molecule has 0 saturated carbocycles. The van der Waals surface area contributed by atoms with Gasteiger partial charge in [-0.25, -0.2) is 0 Å². The van der Waals surface area contributed by atoms with Crippen molar-refractivity contribution in [3.63, 3.8) is 0 Å². The number of carbonyl (C=O) groups excluding carboxylic acids is 1. The number of ketones is 1. The fraction of sp³-hybridized carbons (Fsp3) is 0.150. The summed E-state index contributed by atoms with van der Waals surface area (Å²) in [6.45, 7) is 0. The molecule has 118 valence electrons. The quantitative estimate of drug-likeness (QED) is 0.805. The Morgan fingerprint density at radius 3 is 2.46 bits per heavy atom. The second-order valence-corrected chi connectivity index (χ2v) is 6.25. The largest absolute Gasteiger partial charge is 0.512 e.